The first kappa shape index (κ1) is 16.5. The zero-order valence-corrected chi connectivity index (χ0v) is 13.7. The highest BCUT2D eigenvalue weighted by molar-refractivity contribution is 5.75. The van der Waals surface area contributed by atoms with Gasteiger partial charge in [0.15, 0.2) is 0 Å². The summed E-state index contributed by atoms with van der Waals surface area (Å²) in [6.07, 6.45) is 0.347. The van der Waals surface area contributed by atoms with Crippen LogP contribution in [-0.4, -0.2) is 64.4 Å². The van der Waals surface area contributed by atoms with Crippen LogP contribution in [0.15, 0.2) is 29.1 Å². The molecule has 0 radical (unpaired) electrons. The summed E-state index contributed by atoms with van der Waals surface area (Å²) in [5, 5.41) is 15.2. The number of likely N-dealkylation sites (tertiary alicyclic amines) is 1. The summed E-state index contributed by atoms with van der Waals surface area (Å²) >= 11 is 0. The van der Waals surface area contributed by atoms with Gasteiger partial charge in [-0.3, -0.25) is 9.47 Å². The molecule has 2 unspecified atom stereocenters. The molecule has 1 fully saturated rings. The van der Waals surface area contributed by atoms with E-state index >= 15 is 0 Å². The molecule has 8 nitrogen and oxygen atoms in total. The van der Waals surface area contributed by atoms with Gasteiger partial charge in [0, 0.05) is 32.2 Å². The molecular formula is C16H23N5O3. The lowest BCUT2D eigenvalue weighted by Gasteiger charge is -2.19. The molecule has 2 amide bonds. The standard InChI is InChI=1S/C16H23N5O3/c1-20-10-12(22)8-11(20)9-18-15(23)17-6-7-21-14-5-3-2-4-13(14)19-16(21)24/h2-5,11-12,22H,6-10H2,1H3,(H,19,24)(H2,17,18,23). The van der Waals surface area contributed by atoms with Gasteiger partial charge in [-0.1, -0.05) is 12.1 Å². The Kier molecular flexibility index (Phi) is 4.86. The molecule has 2 atom stereocenters. The number of fused-ring (bicyclic) bond motifs is 1. The molecule has 8 heteroatoms. The van der Waals surface area contributed by atoms with E-state index in [1.165, 1.54) is 0 Å². The smallest absolute Gasteiger partial charge is 0.326 e. The van der Waals surface area contributed by atoms with Crippen molar-refractivity contribution in [1.29, 1.82) is 0 Å². The van der Waals surface area contributed by atoms with Crippen LogP contribution in [0.1, 0.15) is 6.42 Å². The van der Waals surface area contributed by atoms with E-state index < -0.39 is 0 Å². The maximum Gasteiger partial charge on any atom is 0.326 e. The predicted molar refractivity (Wildman–Crippen MR) is 91.0 cm³/mol. The molecule has 2 heterocycles. The van der Waals surface area contributed by atoms with E-state index in [2.05, 4.69) is 15.6 Å². The lowest BCUT2D eigenvalue weighted by molar-refractivity contribution is 0.182. The Labute approximate surface area is 139 Å². The van der Waals surface area contributed by atoms with Gasteiger partial charge in [-0.2, -0.15) is 0 Å². The van der Waals surface area contributed by atoms with Gasteiger partial charge in [0.1, 0.15) is 0 Å². The quantitative estimate of drug-likeness (QED) is 0.603. The number of nitrogens with zero attached hydrogens (tertiary/aromatic N) is 2. The molecule has 2 aromatic rings. The average molecular weight is 333 g/mol. The molecular weight excluding hydrogens is 310 g/mol. The largest absolute Gasteiger partial charge is 0.392 e. The first-order chi connectivity index (χ1) is 11.5. The summed E-state index contributed by atoms with van der Waals surface area (Å²) in [5.74, 6) is 0. The van der Waals surface area contributed by atoms with Crippen molar-refractivity contribution in [2.75, 3.05) is 26.7 Å². The normalized spacial score (nSPS) is 21.2. The van der Waals surface area contributed by atoms with E-state index in [4.69, 9.17) is 0 Å². The minimum atomic E-state index is -0.321. The van der Waals surface area contributed by atoms with Crippen LogP contribution in [0.4, 0.5) is 4.79 Å². The van der Waals surface area contributed by atoms with Crippen LogP contribution in [0.5, 0.6) is 0 Å². The van der Waals surface area contributed by atoms with Gasteiger partial charge in [0.05, 0.1) is 17.1 Å². The fourth-order valence-corrected chi connectivity index (χ4v) is 3.17. The number of aromatic nitrogens is 2. The molecule has 0 spiro atoms. The second kappa shape index (κ2) is 7.06. The zero-order valence-electron chi connectivity index (χ0n) is 13.7. The lowest BCUT2D eigenvalue weighted by Crippen LogP contribution is -2.43. The molecule has 0 aliphatic carbocycles. The molecule has 0 saturated carbocycles. The Morgan fingerprint density at radius 1 is 1.38 bits per heavy atom. The molecule has 1 aromatic carbocycles. The first-order valence-corrected chi connectivity index (χ1v) is 8.12. The number of aromatic amines is 1. The number of nitrogens with one attached hydrogen (secondary N) is 3. The van der Waals surface area contributed by atoms with E-state index in [0.717, 1.165) is 11.0 Å². The van der Waals surface area contributed by atoms with Crippen LogP contribution < -0.4 is 16.3 Å². The highest BCUT2D eigenvalue weighted by atomic mass is 16.3. The molecule has 3 rings (SSSR count). The van der Waals surface area contributed by atoms with Gasteiger partial charge in [0.2, 0.25) is 0 Å². The SMILES string of the molecule is CN1CC(O)CC1CNC(=O)NCCn1c(=O)[nH]c2ccccc21. The molecule has 1 aromatic heterocycles. The highest BCUT2D eigenvalue weighted by Crippen LogP contribution is 2.14. The number of carbonyl (C=O) groups is 1. The van der Waals surface area contributed by atoms with Crippen molar-refractivity contribution in [2.45, 2.75) is 25.1 Å². The Hall–Kier alpha value is -2.32. The van der Waals surface area contributed by atoms with Crippen LogP contribution in [0.3, 0.4) is 0 Å². The minimum absolute atomic E-state index is 0.155. The van der Waals surface area contributed by atoms with Crippen LogP contribution in [0.2, 0.25) is 0 Å². The third-order valence-corrected chi connectivity index (χ3v) is 4.47. The number of para-hydroxylation sites is 2. The van der Waals surface area contributed by atoms with E-state index in [9.17, 15) is 14.7 Å². The topological polar surface area (TPSA) is 102 Å². The van der Waals surface area contributed by atoms with Gasteiger partial charge in [-0.15, -0.1) is 0 Å². The van der Waals surface area contributed by atoms with Crippen LogP contribution in [0, 0.1) is 0 Å². The number of aliphatic hydroxyl groups is 1. The van der Waals surface area contributed by atoms with Gasteiger partial charge < -0.3 is 20.7 Å². The zero-order chi connectivity index (χ0) is 17.1. The average Bonchev–Trinajstić information content (AvgIpc) is 3.04. The number of hydrogen-bond acceptors (Lipinski definition) is 4. The van der Waals surface area contributed by atoms with Crippen molar-refractivity contribution in [2.24, 2.45) is 0 Å². The van der Waals surface area contributed by atoms with Gasteiger partial charge >= 0.3 is 11.7 Å². The van der Waals surface area contributed by atoms with Crippen molar-refractivity contribution in [3.05, 3.63) is 34.7 Å². The maximum absolute atomic E-state index is 11.9. The van der Waals surface area contributed by atoms with Crippen molar-refractivity contribution in [3.8, 4) is 0 Å². The molecule has 0 bridgehead atoms. The number of urea groups is 1. The monoisotopic (exact) mass is 333 g/mol. The highest BCUT2D eigenvalue weighted by Gasteiger charge is 2.27. The summed E-state index contributed by atoms with van der Waals surface area (Å²) in [7, 11) is 1.93. The molecule has 24 heavy (non-hydrogen) atoms. The molecule has 4 N–H and O–H groups in total. The Bertz CT molecular complexity index is 768. The fourth-order valence-electron chi connectivity index (χ4n) is 3.17. The van der Waals surface area contributed by atoms with E-state index in [1.54, 1.807) is 4.57 Å². The van der Waals surface area contributed by atoms with Crippen molar-refractivity contribution in [3.63, 3.8) is 0 Å². The van der Waals surface area contributed by atoms with Crippen LogP contribution >= 0.6 is 0 Å². The van der Waals surface area contributed by atoms with Gasteiger partial charge in [0.25, 0.3) is 0 Å². The second-order valence-corrected chi connectivity index (χ2v) is 6.22. The maximum atomic E-state index is 11.9. The summed E-state index contributed by atoms with van der Waals surface area (Å²) in [5.41, 5.74) is 1.43. The second-order valence-electron chi connectivity index (χ2n) is 6.22. The van der Waals surface area contributed by atoms with Crippen molar-refractivity contribution >= 4 is 17.1 Å². The summed E-state index contributed by atoms with van der Waals surface area (Å²) in [6, 6.07) is 7.35. The minimum Gasteiger partial charge on any atom is -0.392 e. The van der Waals surface area contributed by atoms with Gasteiger partial charge in [-0.25, -0.2) is 9.59 Å². The van der Waals surface area contributed by atoms with Crippen molar-refractivity contribution in [1.82, 2.24) is 25.1 Å². The van der Waals surface area contributed by atoms with Crippen molar-refractivity contribution < 1.29 is 9.90 Å². The number of benzene rings is 1. The molecule has 1 saturated heterocycles. The fraction of sp³-hybridized carbons (Fsp3) is 0.500. The Morgan fingerprint density at radius 2 is 2.17 bits per heavy atom. The number of rotatable bonds is 5. The lowest BCUT2D eigenvalue weighted by atomic mass is 10.2. The Morgan fingerprint density at radius 3 is 2.92 bits per heavy atom. The summed E-state index contributed by atoms with van der Waals surface area (Å²) in [4.78, 5) is 28.6. The van der Waals surface area contributed by atoms with E-state index in [-0.39, 0.29) is 23.9 Å². The van der Waals surface area contributed by atoms with Crippen LogP contribution in [0.25, 0.3) is 11.0 Å². The predicted octanol–water partition coefficient (Wildman–Crippen LogP) is -0.306. The number of hydrogen-bond donors (Lipinski definition) is 4. The number of imidazole rings is 1. The van der Waals surface area contributed by atoms with E-state index in [0.29, 0.717) is 32.6 Å². The van der Waals surface area contributed by atoms with Crippen LogP contribution in [-0.2, 0) is 6.54 Å². The van der Waals surface area contributed by atoms with Gasteiger partial charge in [-0.05, 0) is 25.6 Å². The number of β-amino-alcohol motifs (C(OH)–C–C–N with tert-alkyl or cyclic N) is 1. The number of amides is 2. The third-order valence-electron chi connectivity index (χ3n) is 4.47. The molecule has 1 aliphatic heterocycles. The molecule has 1 aliphatic rings. The molecule has 130 valence electrons. The summed E-state index contributed by atoms with van der Waals surface area (Å²) in [6.45, 7) is 1.89. The number of likely N-dealkylation sites (N-methyl/N-ethyl adjacent to an activating group) is 1. The number of aliphatic hydroxyl groups excluding tert-OH is 1. The third kappa shape index (κ3) is 3.60. The number of carbonyl (C=O) groups excluding carboxylic acids is 1. The first-order valence-electron chi connectivity index (χ1n) is 8.12. The Balaban J connectivity index is 1.47. The number of H-pyrrole nitrogens is 1. The summed E-state index contributed by atoms with van der Waals surface area (Å²) < 4.78 is 1.61. The van der Waals surface area contributed by atoms with E-state index in [1.807, 2.05) is 36.2 Å².